The zero-order valence-electron chi connectivity index (χ0n) is 11.0. The molecule has 98 valence electrons. The minimum Gasteiger partial charge on any atom is -0.354 e. The van der Waals surface area contributed by atoms with Crippen molar-refractivity contribution in [2.45, 2.75) is 57.9 Å². The van der Waals surface area contributed by atoms with Crippen molar-refractivity contribution in [3.05, 3.63) is 0 Å². The highest BCUT2D eigenvalue weighted by molar-refractivity contribution is 5.81. The van der Waals surface area contributed by atoms with E-state index >= 15 is 0 Å². The van der Waals surface area contributed by atoms with Crippen molar-refractivity contribution in [1.29, 1.82) is 0 Å². The van der Waals surface area contributed by atoms with Crippen molar-refractivity contribution in [2.24, 2.45) is 11.8 Å². The van der Waals surface area contributed by atoms with Crippen LogP contribution < -0.4 is 10.6 Å². The average molecular weight is 238 g/mol. The van der Waals surface area contributed by atoms with Gasteiger partial charge in [-0.05, 0) is 37.6 Å². The third-order valence-electron chi connectivity index (χ3n) is 4.45. The fourth-order valence-corrected chi connectivity index (χ4v) is 3.13. The van der Waals surface area contributed by atoms with Gasteiger partial charge in [0.1, 0.15) is 0 Å². The first kappa shape index (κ1) is 12.9. The summed E-state index contributed by atoms with van der Waals surface area (Å²) in [4.78, 5) is 12.0. The summed E-state index contributed by atoms with van der Waals surface area (Å²) in [5.41, 5.74) is 0. The van der Waals surface area contributed by atoms with Crippen molar-refractivity contribution in [3.8, 4) is 0 Å². The van der Waals surface area contributed by atoms with Gasteiger partial charge in [-0.3, -0.25) is 4.79 Å². The van der Waals surface area contributed by atoms with Gasteiger partial charge in [-0.2, -0.15) is 0 Å². The number of hydrogen-bond donors (Lipinski definition) is 2. The summed E-state index contributed by atoms with van der Waals surface area (Å²) in [5, 5.41) is 6.46. The summed E-state index contributed by atoms with van der Waals surface area (Å²) < 4.78 is 0. The molecule has 1 aliphatic carbocycles. The first-order chi connectivity index (χ1) is 8.27. The van der Waals surface area contributed by atoms with E-state index < -0.39 is 0 Å². The zero-order valence-corrected chi connectivity index (χ0v) is 11.0. The molecule has 1 saturated heterocycles. The Morgan fingerprint density at radius 1 is 1.18 bits per heavy atom. The van der Waals surface area contributed by atoms with Crippen LogP contribution in [0.4, 0.5) is 0 Å². The van der Waals surface area contributed by atoms with Gasteiger partial charge in [0.25, 0.3) is 0 Å². The lowest BCUT2D eigenvalue weighted by molar-refractivity contribution is -0.124. The van der Waals surface area contributed by atoms with Gasteiger partial charge in [0, 0.05) is 6.54 Å². The molecule has 1 aliphatic heterocycles. The van der Waals surface area contributed by atoms with Gasteiger partial charge in [0.15, 0.2) is 0 Å². The van der Waals surface area contributed by atoms with Gasteiger partial charge in [0.05, 0.1) is 6.04 Å². The van der Waals surface area contributed by atoms with Crippen LogP contribution in [0.2, 0.25) is 0 Å². The van der Waals surface area contributed by atoms with Crippen molar-refractivity contribution >= 4 is 5.91 Å². The molecule has 3 heteroatoms. The molecule has 0 aromatic carbocycles. The molecule has 2 N–H and O–H groups in total. The second-order valence-electron chi connectivity index (χ2n) is 5.77. The van der Waals surface area contributed by atoms with Crippen LogP contribution in [0.15, 0.2) is 0 Å². The highest BCUT2D eigenvalue weighted by Gasteiger charge is 2.24. The molecule has 17 heavy (non-hydrogen) atoms. The molecule has 0 bridgehead atoms. The Labute approximate surface area is 105 Å². The molecule has 2 unspecified atom stereocenters. The Balaban J connectivity index is 1.71. The van der Waals surface area contributed by atoms with Gasteiger partial charge < -0.3 is 10.6 Å². The van der Waals surface area contributed by atoms with E-state index in [4.69, 9.17) is 0 Å². The third kappa shape index (κ3) is 3.70. The largest absolute Gasteiger partial charge is 0.354 e. The first-order valence-electron chi connectivity index (χ1n) is 7.28. The lowest BCUT2D eigenvalue weighted by atomic mass is 9.80. The van der Waals surface area contributed by atoms with Crippen molar-refractivity contribution < 1.29 is 4.79 Å². The Hall–Kier alpha value is -0.570. The minimum absolute atomic E-state index is 0.0719. The molecule has 3 nitrogen and oxygen atoms in total. The zero-order chi connectivity index (χ0) is 12.1. The highest BCUT2D eigenvalue weighted by atomic mass is 16.2. The van der Waals surface area contributed by atoms with E-state index in [9.17, 15) is 4.79 Å². The van der Waals surface area contributed by atoms with Crippen LogP contribution >= 0.6 is 0 Å². The summed E-state index contributed by atoms with van der Waals surface area (Å²) in [6.07, 6.45) is 8.74. The van der Waals surface area contributed by atoms with Crippen LogP contribution in [-0.2, 0) is 4.79 Å². The Morgan fingerprint density at radius 2 is 1.94 bits per heavy atom. The van der Waals surface area contributed by atoms with E-state index in [0.29, 0.717) is 5.92 Å². The molecule has 0 aromatic rings. The van der Waals surface area contributed by atoms with Gasteiger partial charge in [-0.1, -0.05) is 32.6 Å². The van der Waals surface area contributed by atoms with Crippen LogP contribution in [0, 0.1) is 11.8 Å². The second kappa shape index (κ2) is 6.39. The smallest absolute Gasteiger partial charge is 0.237 e. The Bertz CT molecular complexity index is 249. The standard InChI is InChI=1S/C14H26N2O/c1-11-6-2-3-7-12(11)10-16-14(17)13-8-4-5-9-15-13/h11-13,15H,2-10H2,1H3,(H,16,17)/t11?,12?,13-/m1/s1. The molecule has 2 rings (SSSR count). The predicted octanol–water partition coefficient (Wildman–Crippen LogP) is 2.07. The number of nitrogens with one attached hydrogen (secondary N) is 2. The summed E-state index contributed by atoms with van der Waals surface area (Å²) in [7, 11) is 0. The van der Waals surface area contributed by atoms with E-state index in [1.54, 1.807) is 0 Å². The lowest BCUT2D eigenvalue weighted by Gasteiger charge is -2.30. The van der Waals surface area contributed by atoms with E-state index in [1.165, 1.54) is 38.5 Å². The molecule has 0 aromatic heterocycles. The normalized spacial score (nSPS) is 34.3. The van der Waals surface area contributed by atoms with Crippen molar-refractivity contribution in [3.63, 3.8) is 0 Å². The molecule has 0 spiro atoms. The van der Waals surface area contributed by atoms with Crippen molar-refractivity contribution in [2.75, 3.05) is 13.1 Å². The fourth-order valence-electron chi connectivity index (χ4n) is 3.13. The molecule has 3 atom stereocenters. The topological polar surface area (TPSA) is 41.1 Å². The van der Waals surface area contributed by atoms with Gasteiger partial charge in [-0.25, -0.2) is 0 Å². The molecular formula is C14H26N2O. The minimum atomic E-state index is 0.0719. The SMILES string of the molecule is CC1CCCCC1CNC(=O)[C@H]1CCCCN1. The number of rotatable bonds is 3. The van der Waals surface area contributed by atoms with Crippen LogP contribution in [0.25, 0.3) is 0 Å². The molecule has 0 radical (unpaired) electrons. The fraction of sp³-hybridized carbons (Fsp3) is 0.929. The quantitative estimate of drug-likeness (QED) is 0.790. The molecule has 1 heterocycles. The van der Waals surface area contributed by atoms with Gasteiger partial charge in [-0.15, -0.1) is 0 Å². The summed E-state index contributed by atoms with van der Waals surface area (Å²) in [6, 6.07) is 0.0719. The van der Waals surface area contributed by atoms with E-state index in [0.717, 1.165) is 25.4 Å². The molecule has 1 saturated carbocycles. The number of piperidine rings is 1. The van der Waals surface area contributed by atoms with Gasteiger partial charge >= 0.3 is 0 Å². The molecule has 2 aliphatic rings. The number of carbonyl (C=O) groups excluding carboxylic acids is 1. The van der Waals surface area contributed by atoms with Crippen molar-refractivity contribution in [1.82, 2.24) is 10.6 Å². The Morgan fingerprint density at radius 3 is 2.65 bits per heavy atom. The molecular weight excluding hydrogens is 212 g/mol. The van der Waals surface area contributed by atoms with E-state index in [-0.39, 0.29) is 11.9 Å². The second-order valence-corrected chi connectivity index (χ2v) is 5.77. The third-order valence-corrected chi connectivity index (χ3v) is 4.45. The monoisotopic (exact) mass is 238 g/mol. The average Bonchev–Trinajstić information content (AvgIpc) is 2.38. The Kier molecular flexibility index (Phi) is 4.84. The van der Waals surface area contributed by atoms with Crippen LogP contribution in [0.3, 0.4) is 0 Å². The number of amides is 1. The maximum atomic E-state index is 12.0. The van der Waals surface area contributed by atoms with Gasteiger partial charge in [0.2, 0.25) is 5.91 Å². The summed E-state index contributed by atoms with van der Waals surface area (Å²) >= 11 is 0. The number of hydrogen-bond acceptors (Lipinski definition) is 2. The highest BCUT2D eigenvalue weighted by Crippen LogP contribution is 2.28. The van der Waals surface area contributed by atoms with Crippen LogP contribution in [0.1, 0.15) is 51.9 Å². The summed E-state index contributed by atoms with van der Waals surface area (Å²) in [5.74, 6) is 1.71. The summed E-state index contributed by atoms with van der Waals surface area (Å²) in [6.45, 7) is 4.21. The van der Waals surface area contributed by atoms with E-state index in [1.807, 2.05) is 0 Å². The van der Waals surface area contributed by atoms with Crippen LogP contribution in [0.5, 0.6) is 0 Å². The van der Waals surface area contributed by atoms with Crippen LogP contribution in [-0.4, -0.2) is 25.0 Å². The molecule has 2 fully saturated rings. The molecule has 1 amide bonds. The first-order valence-corrected chi connectivity index (χ1v) is 7.28. The van der Waals surface area contributed by atoms with E-state index in [2.05, 4.69) is 17.6 Å². The maximum absolute atomic E-state index is 12.0. The maximum Gasteiger partial charge on any atom is 0.237 e. The lowest BCUT2D eigenvalue weighted by Crippen LogP contribution is -2.48. The number of carbonyl (C=O) groups is 1. The predicted molar refractivity (Wildman–Crippen MR) is 69.8 cm³/mol.